The number of piperidine rings is 1. The van der Waals surface area contributed by atoms with Gasteiger partial charge in [-0.05, 0) is 50.2 Å². The van der Waals surface area contributed by atoms with E-state index < -0.39 is 0 Å². The summed E-state index contributed by atoms with van der Waals surface area (Å²) >= 11 is 0. The SMILES string of the molecule is CC(C)CCNC(=O)c1ccccc1N1CCC(NC(=O)C2CCCCC2)CC1. The number of anilines is 1. The average molecular weight is 400 g/mol. The maximum atomic E-state index is 12.7. The third kappa shape index (κ3) is 6.22. The maximum Gasteiger partial charge on any atom is 0.253 e. The third-order valence-electron chi connectivity index (χ3n) is 6.31. The van der Waals surface area contributed by atoms with Gasteiger partial charge in [0.1, 0.15) is 0 Å². The molecular formula is C24H37N3O2. The van der Waals surface area contributed by atoms with E-state index in [1.165, 1.54) is 19.3 Å². The molecule has 0 unspecified atom stereocenters. The summed E-state index contributed by atoms with van der Waals surface area (Å²) in [4.78, 5) is 27.5. The Bertz CT molecular complexity index is 674. The minimum atomic E-state index is 0.00831. The molecule has 1 aromatic rings. The zero-order valence-electron chi connectivity index (χ0n) is 18.1. The lowest BCUT2D eigenvalue weighted by Gasteiger charge is -2.35. The fraction of sp³-hybridized carbons (Fsp3) is 0.667. The number of benzene rings is 1. The summed E-state index contributed by atoms with van der Waals surface area (Å²) in [7, 11) is 0. The molecule has 0 aromatic heterocycles. The Morgan fingerprint density at radius 2 is 1.72 bits per heavy atom. The second-order valence-corrected chi connectivity index (χ2v) is 9.06. The first-order valence-electron chi connectivity index (χ1n) is 11.5. The van der Waals surface area contributed by atoms with Gasteiger partial charge in [0.15, 0.2) is 0 Å². The van der Waals surface area contributed by atoms with Gasteiger partial charge in [0.2, 0.25) is 5.91 Å². The molecule has 2 amide bonds. The van der Waals surface area contributed by atoms with Crippen molar-refractivity contribution in [1.29, 1.82) is 0 Å². The van der Waals surface area contributed by atoms with Crippen LogP contribution in [-0.2, 0) is 4.79 Å². The average Bonchev–Trinajstić information content (AvgIpc) is 2.74. The highest BCUT2D eigenvalue weighted by atomic mass is 16.2. The molecule has 1 saturated carbocycles. The zero-order valence-corrected chi connectivity index (χ0v) is 18.1. The molecule has 1 aliphatic carbocycles. The molecule has 1 saturated heterocycles. The molecule has 0 spiro atoms. The van der Waals surface area contributed by atoms with Crippen LogP contribution in [-0.4, -0.2) is 37.5 Å². The normalized spacial score (nSPS) is 18.7. The van der Waals surface area contributed by atoms with Crippen molar-refractivity contribution in [3.05, 3.63) is 29.8 Å². The van der Waals surface area contributed by atoms with Crippen molar-refractivity contribution >= 4 is 17.5 Å². The number of hydrogen-bond donors (Lipinski definition) is 2. The van der Waals surface area contributed by atoms with E-state index in [2.05, 4.69) is 29.4 Å². The van der Waals surface area contributed by atoms with Crippen LogP contribution in [0.2, 0.25) is 0 Å². The van der Waals surface area contributed by atoms with Crippen molar-refractivity contribution in [3.8, 4) is 0 Å². The van der Waals surface area contributed by atoms with Crippen LogP contribution in [0.1, 0.15) is 75.6 Å². The molecule has 3 rings (SSSR count). The number of rotatable bonds is 7. The van der Waals surface area contributed by atoms with Crippen LogP contribution in [0.3, 0.4) is 0 Å². The molecule has 1 aliphatic heterocycles. The lowest BCUT2D eigenvalue weighted by Crippen LogP contribution is -2.47. The highest BCUT2D eigenvalue weighted by Crippen LogP contribution is 2.26. The van der Waals surface area contributed by atoms with Gasteiger partial charge in [-0.1, -0.05) is 45.2 Å². The first kappa shape index (κ1) is 21.7. The standard InChI is InChI=1S/C24H37N3O2/c1-18(2)12-15-25-24(29)21-10-6-7-11-22(21)27-16-13-20(14-17-27)26-23(28)19-8-4-3-5-9-19/h6-7,10-11,18-20H,3-5,8-9,12-17H2,1-2H3,(H,25,29)(H,26,28). The van der Waals surface area contributed by atoms with Crippen LogP contribution in [0.4, 0.5) is 5.69 Å². The predicted molar refractivity (Wildman–Crippen MR) is 118 cm³/mol. The van der Waals surface area contributed by atoms with E-state index in [1.54, 1.807) is 0 Å². The van der Waals surface area contributed by atoms with E-state index >= 15 is 0 Å². The Labute approximate surface area is 175 Å². The van der Waals surface area contributed by atoms with E-state index in [4.69, 9.17) is 0 Å². The third-order valence-corrected chi connectivity index (χ3v) is 6.31. The number of carbonyl (C=O) groups is 2. The number of nitrogens with one attached hydrogen (secondary N) is 2. The highest BCUT2D eigenvalue weighted by molar-refractivity contribution is 5.99. The number of nitrogens with zero attached hydrogens (tertiary/aromatic N) is 1. The lowest BCUT2D eigenvalue weighted by molar-refractivity contribution is -0.126. The van der Waals surface area contributed by atoms with Gasteiger partial charge in [-0.25, -0.2) is 0 Å². The molecule has 0 bridgehead atoms. The van der Waals surface area contributed by atoms with E-state index in [1.807, 2.05) is 24.3 Å². The largest absolute Gasteiger partial charge is 0.371 e. The molecular weight excluding hydrogens is 362 g/mol. The summed E-state index contributed by atoms with van der Waals surface area (Å²) in [5.41, 5.74) is 1.76. The number of amides is 2. The van der Waals surface area contributed by atoms with Crippen molar-refractivity contribution in [2.75, 3.05) is 24.5 Å². The van der Waals surface area contributed by atoms with Gasteiger partial charge in [-0.3, -0.25) is 9.59 Å². The molecule has 2 aliphatic rings. The van der Waals surface area contributed by atoms with E-state index in [0.29, 0.717) is 12.5 Å². The van der Waals surface area contributed by atoms with Crippen molar-refractivity contribution in [1.82, 2.24) is 10.6 Å². The Kier molecular flexibility index (Phi) is 7.96. The molecule has 0 atom stereocenters. The molecule has 0 radical (unpaired) electrons. The Morgan fingerprint density at radius 3 is 2.41 bits per heavy atom. The van der Waals surface area contributed by atoms with Crippen LogP contribution >= 0.6 is 0 Å². The summed E-state index contributed by atoms with van der Waals surface area (Å²) < 4.78 is 0. The molecule has 29 heavy (non-hydrogen) atoms. The minimum Gasteiger partial charge on any atom is -0.371 e. The molecule has 1 heterocycles. The number of carbonyl (C=O) groups excluding carboxylic acids is 2. The second kappa shape index (κ2) is 10.7. The summed E-state index contributed by atoms with van der Waals surface area (Å²) in [6.45, 7) is 6.77. The van der Waals surface area contributed by atoms with Gasteiger partial charge < -0.3 is 15.5 Å². The van der Waals surface area contributed by atoms with Crippen molar-refractivity contribution in [3.63, 3.8) is 0 Å². The van der Waals surface area contributed by atoms with E-state index in [0.717, 1.165) is 56.4 Å². The van der Waals surface area contributed by atoms with Crippen molar-refractivity contribution in [2.45, 2.75) is 71.3 Å². The fourth-order valence-electron chi connectivity index (χ4n) is 4.46. The van der Waals surface area contributed by atoms with Crippen molar-refractivity contribution in [2.24, 2.45) is 11.8 Å². The summed E-state index contributed by atoms with van der Waals surface area (Å²) in [5.74, 6) is 1.06. The second-order valence-electron chi connectivity index (χ2n) is 9.06. The lowest BCUT2D eigenvalue weighted by atomic mass is 9.88. The minimum absolute atomic E-state index is 0.00831. The first-order chi connectivity index (χ1) is 14.0. The smallest absolute Gasteiger partial charge is 0.253 e. The Hall–Kier alpha value is -2.04. The van der Waals surface area contributed by atoms with Gasteiger partial charge in [0, 0.05) is 37.3 Å². The molecule has 5 nitrogen and oxygen atoms in total. The summed E-state index contributed by atoms with van der Waals surface area (Å²) in [6.07, 6.45) is 8.59. The zero-order chi connectivity index (χ0) is 20.6. The van der Waals surface area contributed by atoms with Crippen LogP contribution in [0, 0.1) is 11.8 Å². The predicted octanol–water partition coefficient (Wildman–Crippen LogP) is 4.13. The molecule has 2 fully saturated rings. The van der Waals surface area contributed by atoms with Gasteiger partial charge in [0.25, 0.3) is 5.91 Å². The van der Waals surface area contributed by atoms with Gasteiger partial charge in [-0.15, -0.1) is 0 Å². The summed E-state index contributed by atoms with van der Waals surface area (Å²) in [6, 6.07) is 8.14. The molecule has 5 heteroatoms. The van der Waals surface area contributed by atoms with Gasteiger partial charge >= 0.3 is 0 Å². The Balaban J connectivity index is 1.52. The van der Waals surface area contributed by atoms with Crippen molar-refractivity contribution < 1.29 is 9.59 Å². The van der Waals surface area contributed by atoms with Crippen LogP contribution in [0.15, 0.2) is 24.3 Å². The topological polar surface area (TPSA) is 61.4 Å². The van der Waals surface area contributed by atoms with Crippen LogP contribution in [0.25, 0.3) is 0 Å². The quantitative estimate of drug-likeness (QED) is 0.725. The highest BCUT2D eigenvalue weighted by Gasteiger charge is 2.27. The van der Waals surface area contributed by atoms with E-state index in [-0.39, 0.29) is 23.8 Å². The van der Waals surface area contributed by atoms with Crippen LogP contribution in [0.5, 0.6) is 0 Å². The van der Waals surface area contributed by atoms with Crippen LogP contribution < -0.4 is 15.5 Å². The van der Waals surface area contributed by atoms with Gasteiger partial charge in [0.05, 0.1) is 5.56 Å². The molecule has 160 valence electrons. The maximum absolute atomic E-state index is 12.7. The molecule has 1 aromatic carbocycles. The fourth-order valence-corrected chi connectivity index (χ4v) is 4.46. The monoisotopic (exact) mass is 399 g/mol. The Morgan fingerprint density at radius 1 is 1.03 bits per heavy atom. The first-order valence-corrected chi connectivity index (χ1v) is 11.5. The summed E-state index contributed by atoms with van der Waals surface area (Å²) in [5, 5.41) is 6.35. The van der Waals surface area contributed by atoms with Gasteiger partial charge in [-0.2, -0.15) is 0 Å². The number of para-hydroxylation sites is 1. The van der Waals surface area contributed by atoms with E-state index in [9.17, 15) is 9.59 Å². The molecule has 2 N–H and O–H groups in total. The number of hydrogen-bond acceptors (Lipinski definition) is 3.